The number of unbranched alkanes of at least 4 members (excludes halogenated alkanes) is 1. The van der Waals surface area contributed by atoms with Crippen molar-refractivity contribution in [2.24, 2.45) is 0 Å². The molecule has 0 spiro atoms. The lowest BCUT2D eigenvalue weighted by Gasteiger charge is -2.32. The van der Waals surface area contributed by atoms with Crippen LogP contribution in [0.25, 0.3) is 16.6 Å². The first-order chi connectivity index (χ1) is 16.5. The zero-order valence-corrected chi connectivity index (χ0v) is 19.8. The molecule has 1 unspecified atom stereocenters. The SMILES string of the molecule is CCCCN(C(=O)c1ccco1)C(CC)c1nc2ccccc2c(=O)n1-c1ccc(F)c(Cl)c1. The summed E-state index contributed by atoms with van der Waals surface area (Å²) in [4.78, 5) is 33.6. The number of furan rings is 1. The first-order valence-electron chi connectivity index (χ1n) is 11.3. The molecule has 0 fully saturated rings. The monoisotopic (exact) mass is 481 g/mol. The van der Waals surface area contributed by atoms with Crippen LogP contribution in [0.2, 0.25) is 5.02 Å². The summed E-state index contributed by atoms with van der Waals surface area (Å²) in [5.74, 6) is -0.270. The minimum absolute atomic E-state index is 0.106. The molecule has 0 saturated heterocycles. The van der Waals surface area contributed by atoms with Crippen molar-refractivity contribution in [1.29, 1.82) is 0 Å². The molecular formula is C26H25ClFN3O3. The Morgan fingerprint density at radius 2 is 1.97 bits per heavy atom. The van der Waals surface area contributed by atoms with E-state index in [4.69, 9.17) is 21.0 Å². The maximum atomic E-state index is 13.9. The van der Waals surface area contributed by atoms with Gasteiger partial charge in [0.15, 0.2) is 5.76 Å². The van der Waals surface area contributed by atoms with Crippen molar-refractivity contribution in [3.8, 4) is 5.69 Å². The van der Waals surface area contributed by atoms with Crippen molar-refractivity contribution >= 4 is 28.4 Å². The van der Waals surface area contributed by atoms with Crippen LogP contribution in [-0.4, -0.2) is 26.9 Å². The molecule has 2 aromatic carbocycles. The maximum absolute atomic E-state index is 13.9. The number of nitrogens with zero attached hydrogens (tertiary/aromatic N) is 3. The molecule has 1 amide bonds. The smallest absolute Gasteiger partial charge is 0.290 e. The van der Waals surface area contributed by atoms with Crippen LogP contribution in [0.15, 0.2) is 70.1 Å². The van der Waals surface area contributed by atoms with E-state index in [1.54, 1.807) is 35.2 Å². The van der Waals surface area contributed by atoms with Gasteiger partial charge in [-0.15, -0.1) is 0 Å². The quantitative estimate of drug-likeness (QED) is 0.302. The fourth-order valence-electron chi connectivity index (χ4n) is 4.06. The number of carbonyl (C=O) groups is 1. The van der Waals surface area contributed by atoms with E-state index in [-0.39, 0.29) is 22.2 Å². The van der Waals surface area contributed by atoms with Crippen molar-refractivity contribution in [3.63, 3.8) is 0 Å². The van der Waals surface area contributed by atoms with Gasteiger partial charge in [0.2, 0.25) is 0 Å². The number of hydrogen-bond acceptors (Lipinski definition) is 4. The third kappa shape index (κ3) is 4.48. The molecule has 0 aliphatic rings. The molecule has 6 nitrogen and oxygen atoms in total. The van der Waals surface area contributed by atoms with Gasteiger partial charge in [0, 0.05) is 6.54 Å². The fraction of sp³-hybridized carbons (Fsp3) is 0.269. The van der Waals surface area contributed by atoms with E-state index in [1.807, 2.05) is 19.9 Å². The van der Waals surface area contributed by atoms with Gasteiger partial charge in [-0.3, -0.25) is 14.2 Å². The highest BCUT2D eigenvalue weighted by atomic mass is 35.5. The minimum atomic E-state index is -0.585. The maximum Gasteiger partial charge on any atom is 0.290 e. The Kier molecular flexibility index (Phi) is 7.12. The fourth-order valence-corrected chi connectivity index (χ4v) is 4.23. The van der Waals surface area contributed by atoms with Crippen molar-refractivity contribution in [2.45, 2.75) is 39.2 Å². The Morgan fingerprint density at radius 3 is 2.65 bits per heavy atom. The highest BCUT2D eigenvalue weighted by molar-refractivity contribution is 6.30. The minimum Gasteiger partial charge on any atom is -0.459 e. The first kappa shape index (κ1) is 23.7. The van der Waals surface area contributed by atoms with Crippen LogP contribution >= 0.6 is 11.6 Å². The van der Waals surface area contributed by atoms with E-state index >= 15 is 0 Å². The number of halogens is 2. The summed E-state index contributed by atoms with van der Waals surface area (Å²) in [7, 11) is 0. The Labute approximate surface area is 201 Å². The molecule has 0 bridgehead atoms. The number of benzene rings is 2. The van der Waals surface area contributed by atoms with Gasteiger partial charge >= 0.3 is 0 Å². The molecule has 4 aromatic rings. The van der Waals surface area contributed by atoms with E-state index < -0.39 is 11.9 Å². The molecule has 2 heterocycles. The highest BCUT2D eigenvalue weighted by Crippen LogP contribution is 2.29. The standard InChI is InChI=1S/C26H25ClFN3O3/c1-3-5-14-30(26(33)23-11-8-15-34-23)22(4-2)24-29-21-10-7-6-9-18(21)25(32)31(24)17-12-13-20(28)19(27)16-17/h6-13,15-16,22H,3-5,14H2,1-2H3. The van der Waals surface area contributed by atoms with E-state index in [9.17, 15) is 14.0 Å². The lowest BCUT2D eigenvalue weighted by molar-refractivity contribution is 0.0623. The van der Waals surface area contributed by atoms with E-state index in [2.05, 4.69) is 0 Å². The van der Waals surface area contributed by atoms with Gasteiger partial charge < -0.3 is 9.32 Å². The summed E-state index contributed by atoms with van der Waals surface area (Å²) in [6, 6.07) is 13.9. The van der Waals surface area contributed by atoms with Crippen molar-refractivity contribution < 1.29 is 13.6 Å². The van der Waals surface area contributed by atoms with Crippen molar-refractivity contribution in [2.75, 3.05) is 6.54 Å². The second-order valence-electron chi connectivity index (χ2n) is 7.98. The summed E-state index contributed by atoms with van der Waals surface area (Å²) in [5.41, 5.74) is 0.581. The third-order valence-electron chi connectivity index (χ3n) is 5.77. The molecule has 176 valence electrons. The summed E-state index contributed by atoms with van der Waals surface area (Å²) >= 11 is 6.06. The van der Waals surface area contributed by atoms with Gasteiger partial charge in [-0.25, -0.2) is 9.37 Å². The molecular weight excluding hydrogens is 457 g/mol. The number of hydrogen-bond donors (Lipinski definition) is 0. The summed E-state index contributed by atoms with van der Waals surface area (Å²) in [6.45, 7) is 4.44. The van der Waals surface area contributed by atoms with Crippen LogP contribution in [-0.2, 0) is 0 Å². The zero-order valence-electron chi connectivity index (χ0n) is 19.0. The largest absolute Gasteiger partial charge is 0.459 e. The van der Waals surface area contributed by atoms with Crippen LogP contribution in [0.1, 0.15) is 55.5 Å². The normalized spacial score (nSPS) is 12.1. The number of amides is 1. The molecule has 0 radical (unpaired) electrons. The Bertz CT molecular complexity index is 1370. The number of para-hydroxylation sites is 1. The van der Waals surface area contributed by atoms with Gasteiger partial charge in [0.1, 0.15) is 11.6 Å². The number of fused-ring (bicyclic) bond motifs is 1. The van der Waals surface area contributed by atoms with Crippen LogP contribution < -0.4 is 5.56 Å². The number of carbonyl (C=O) groups excluding carboxylic acids is 1. The Balaban J connectivity index is 1.96. The van der Waals surface area contributed by atoms with Gasteiger partial charge in [0.25, 0.3) is 11.5 Å². The summed E-state index contributed by atoms with van der Waals surface area (Å²) in [5, 5.41) is 0.310. The predicted molar refractivity (Wildman–Crippen MR) is 130 cm³/mol. The third-order valence-corrected chi connectivity index (χ3v) is 6.06. The molecule has 0 N–H and O–H groups in total. The summed E-state index contributed by atoms with van der Waals surface area (Å²) in [6.07, 6.45) is 3.60. The molecule has 4 rings (SSSR count). The molecule has 1 atom stereocenters. The van der Waals surface area contributed by atoms with Crippen LogP contribution in [0.3, 0.4) is 0 Å². The lowest BCUT2D eigenvalue weighted by Crippen LogP contribution is -2.39. The van der Waals surface area contributed by atoms with Gasteiger partial charge in [-0.1, -0.05) is 44.0 Å². The Morgan fingerprint density at radius 1 is 1.18 bits per heavy atom. The highest BCUT2D eigenvalue weighted by Gasteiger charge is 2.30. The average molecular weight is 482 g/mol. The number of rotatable bonds is 8. The zero-order chi connectivity index (χ0) is 24.2. The molecule has 0 aliphatic heterocycles. The molecule has 0 aliphatic carbocycles. The Hall–Kier alpha value is -3.45. The first-order valence-corrected chi connectivity index (χ1v) is 11.7. The van der Waals surface area contributed by atoms with Crippen LogP contribution in [0.5, 0.6) is 0 Å². The van der Waals surface area contributed by atoms with Gasteiger partial charge in [-0.2, -0.15) is 0 Å². The van der Waals surface area contributed by atoms with Crippen molar-refractivity contribution in [3.05, 3.63) is 93.6 Å². The molecule has 8 heteroatoms. The molecule has 2 aromatic heterocycles. The predicted octanol–water partition coefficient (Wildman–Crippen LogP) is 6.16. The summed E-state index contributed by atoms with van der Waals surface area (Å²) < 4.78 is 20.7. The number of aromatic nitrogens is 2. The molecule has 34 heavy (non-hydrogen) atoms. The van der Waals surface area contributed by atoms with Crippen molar-refractivity contribution in [1.82, 2.24) is 14.5 Å². The second kappa shape index (κ2) is 10.2. The topological polar surface area (TPSA) is 68.3 Å². The molecule has 0 saturated carbocycles. The second-order valence-corrected chi connectivity index (χ2v) is 8.39. The van der Waals surface area contributed by atoms with Crippen LogP contribution in [0.4, 0.5) is 4.39 Å². The van der Waals surface area contributed by atoms with Gasteiger partial charge in [0.05, 0.1) is 33.9 Å². The lowest BCUT2D eigenvalue weighted by atomic mass is 10.1. The van der Waals surface area contributed by atoms with Crippen LogP contribution in [0, 0.1) is 5.82 Å². The average Bonchev–Trinajstić information content (AvgIpc) is 3.38. The van der Waals surface area contributed by atoms with Gasteiger partial charge in [-0.05, 0) is 55.3 Å². The van der Waals surface area contributed by atoms with E-state index in [0.29, 0.717) is 35.4 Å². The van der Waals surface area contributed by atoms with E-state index in [0.717, 1.165) is 12.8 Å². The van der Waals surface area contributed by atoms with E-state index in [1.165, 1.54) is 29.0 Å².